The van der Waals surface area contributed by atoms with Crippen molar-refractivity contribution in [2.45, 2.75) is 30.1 Å². The minimum Gasteiger partial charge on any atom is -0.0616 e. The Labute approximate surface area is 215 Å². The molecule has 0 fully saturated rings. The topological polar surface area (TPSA) is 12.9 Å². The van der Waals surface area contributed by atoms with Crippen LogP contribution >= 0.6 is 11.3 Å². The first-order valence-corrected chi connectivity index (χ1v) is 20.3. The molecule has 0 spiro atoms. The molecule has 0 aliphatic heterocycles. The van der Waals surface area contributed by atoms with Crippen LogP contribution in [0.2, 0.25) is 17.3 Å². The number of aromatic nitrogens is 1. The van der Waals surface area contributed by atoms with E-state index in [9.17, 15) is 1.37 Å². The molecular formula is C32H29GeNS. The second kappa shape index (κ2) is 8.62. The van der Waals surface area contributed by atoms with Gasteiger partial charge in [0.1, 0.15) is 0 Å². The maximum absolute atomic E-state index is 9.36. The summed E-state index contributed by atoms with van der Waals surface area (Å²) in [7, 11) is 0. The van der Waals surface area contributed by atoms with Crippen molar-refractivity contribution >= 4 is 59.9 Å². The summed E-state index contributed by atoms with van der Waals surface area (Å²) in [6.45, 7) is 1.98. The quantitative estimate of drug-likeness (QED) is 0.206. The van der Waals surface area contributed by atoms with Crippen LogP contribution in [0.15, 0.2) is 97.2 Å². The molecule has 0 saturated heterocycles. The van der Waals surface area contributed by atoms with Gasteiger partial charge in [0, 0.05) is 0 Å². The zero-order chi connectivity index (χ0) is 25.1. The summed E-state index contributed by atoms with van der Waals surface area (Å²) in [6.07, 6.45) is 1.86. The van der Waals surface area contributed by atoms with Gasteiger partial charge in [-0.05, 0) is 10.8 Å². The van der Waals surface area contributed by atoms with Crippen molar-refractivity contribution in [1.29, 1.82) is 0 Å². The molecule has 0 amide bonds. The van der Waals surface area contributed by atoms with Crippen molar-refractivity contribution in [2.75, 3.05) is 0 Å². The van der Waals surface area contributed by atoms with Crippen molar-refractivity contribution in [1.82, 2.24) is 4.98 Å². The van der Waals surface area contributed by atoms with Gasteiger partial charge in [-0.1, -0.05) is 30.3 Å². The smallest absolute Gasteiger partial charge is 0.0616 e. The molecule has 0 bridgehead atoms. The molecule has 0 aliphatic rings. The molecule has 172 valence electrons. The van der Waals surface area contributed by atoms with E-state index in [-0.39, 0.29) is 0 Å². The van der Waals surface area contributed by atoms with Gasteiger partial charge >= 0.3 is 175 Å². The van der Waals surface area contributed by atoms with E-state index in [4.69, 9.17) is 4.98 Å². The molecule has 0 aliphatic carbocycles. The molecule has 6 aromatic rings. The van der Waals surface area contributed by atoms with Crippen LogP contribution in [0.4, 0.5) is 0 Å². The van der Waals surface area contributed by atoms with Crippen LogP contribution in [0, 0.1) is 0 Å². The van der Waals surface area contributed by atoms with Crippen LogP contribution in [0.1, 0.15) is 25.3 Å². The molecule has 3 heteroatoms. The van der Waals surface area contributed by atoms with Crippen molar-refractivity contribution in [2.24, 2.45) is 0 Å². The predicted molar refractivity (Wildman–Crippen MR) is 157 cm³/mol. The fraction of sp³-hybridized carbons (Fsp3) is 0.156. The SMILES string of the molecule is [2H]C(C)(c1ccnc(-c2cccc3c2sc2c[c]([Ge]([CH3])([CH3])[CH3])ccc23)c1)c1ccc2ccccc2c1. The van der Waals surface area contributed by atoms with Crippen LogP contribution < -0.4 is 4.40 Å². The fourth-order valence-corrected chi connectivity index (χ4v) is 8.79. The van der Waals surface area contributed by atoms with Crippen molar-refractivity contribution in [3.8, 4) is 11.3 Å². The summed E-state index contributed by atoms with van der Waals surface area (Å²) < 4.78 is 13.5. The molecule has 4 aromatic carbocycles. The predicted octanol–water partition coefficient (Wildman–Crippen LogP) is 8.97. The second-order valence-electron chi connectivity index (χ2n) is 10.4. The van der Waals surface area contributed by atoms with Crippen molar-refractivity contribution < 1.29 is 1.37 Å². The second-order valence-corrected chi connectivity index (χ2v) is 22.1. The molecule has 1 unspecified atom stereocenters. The standard InChI is InChI=1S/C32H29GeNS/c1-21(23-13-12-22-8-5-6-9-25(22)18-23)24-16-17-34-30(19-24)29-11-7-10-28-27-15-14-26(33(2,3)4)20-31(27)35-32(28)29/h5-21H,1-4H3/i21D. The molecule has 0 saturated carbocycles. The number of rotatable bonds is 4. The molecule has 1 atom stereocenters. The Morgan fingerprint density at radius 2 is 1.57 bits per heavy atom. The fourth-order valence-electron chi connectivity index (χ4n) is 4.87. The summed E-state index contributed by atoms with van der Waals surface area (Å²) in [6, 6.07) is 32.4. The van der Waals surface area contributed by atoms with E-state index in [1.165, 1.54) is 30.0 Å². The van der Waals surface area contributed by atoms with Gasteiger partial charge in [-0.25, -0.2) is 0 Å². The molecule has 1 nitrogen and oxygen atoms in total. The third-order valence-corrected chi connectivity index (χ3v) is 12.5. The first kappa shape index (κ1) is 21.3. The number of pyridine rings is 1. The van der Waals surface area contributed by atoms with Gasteiger partial charge in [0.25, 0.3) is 0 Å². The van der Waals surface area contributed by atoms with Crippen molar-refractivity contribution in [3.63, 3.8) is 0 Å². The summed E-state index contributed by atoms with van der Waals surface area (Å²) in [4.78, 5) is 4.78. The average molecular weight is 533 g/mol. The van der Waals surface area contributed by atoms with Gasteiger partial charge in [-0.2, -0.15) is 0 Å². The van der Waals surface area contributed by atoms with Gasteiger partial charge in [-0.15, -0.1) is 0 Å². The third-order valence-electron chi connectivity index (χ3n) is 7.02. The Kier molecular flexibility index (Phi) is 5.25. The van der Waals surface area contributed by atoms with Gasteiger partial charge in [-0.3, -0.25) is 0 Å². The summed E-state index contributed by atoms with van der Waals surface area (Å²) in [5.74, 6) is 6.46. The zero-order valence-corrected chi connectivity index (χ0v) is 23.5. The van der Waals surface area contributed by atoms with Crippen LogP contribution in [0.25, 0.3) is 42.2 Å². The van der Waals surface area contributed by atoms with E-state index in [1.807, 2.05) is 30.5 Å². The Morgan fingerprint density at radius 3 is 2.40 bits per heavy atom. The zero-order valence-electron chi connectivity index (χ0n) is 21.6. The monoisotopic (exact) mass is 534 g/mol. The molecule has 0 radical (unpaired) electrons. The third kappa shape index (κ3) is 4.09. The van der Waals surface area contributed by atoms with E-state index in [0.29, 0.717) is 0 Å². The molecule has 35 heavy (non-hydrogen) atoms. The molecule has 2 aromatic heterocycles. The normalized spacial score (nSPS) is 14.3. The van der Waals surface area contributed by atoms with Gasteiger partial charge in [0.2, 0.25) is 0 Å². The minimum atomic E-state index is -1.91. The van der Waals surface area contributed by atoms with Gasteiger partial charge < -0.3 is 0 Å². The van der Waals surface area contributed by atoms with Gasteiger partial charge in [0.15, 0.2) is 0 Å². The molecule has 0 N–H and O–H groups in total. The summed E-state index contributed by atoms with van der Waals surface area (Å²) >= 11 is -0.0379. The van der Waals surface area contributed by atoms with E-state index >= 15 is 0 Å². The summed E-state index contributed by atoms with van der Waals surface area (Å²) in [5.41, 5.74) is 4.00. The Balaban J connectivity index is 1.47. The Hall–Kier alpha value is -2.95. The van der Waals surface area contributed by atoms with E-state index in [0.717, 1.165) is 27.8 Å². The number of hydrogen-bond acceptors (Lipinski definition) is 2. The van der Waals surface area contributed by atoms with E-state index in [2.05, 4.69) is 102 Å². The van der Waals surface area contributed by atoms with Crippen LogP contribution in [-0.4, -0.2) is 18.3 Å². The number of hydrogen-bond donors (Lipinski definition) is 0. The summed E-state index contributed by atoms with van der Waals surface area (Å²) in [5, 5.41) is 4.97. The number of benzene rings is 4. The average Bonchev–Trinajstić information content (AvgIpc) is 3.26. The number of fused-ring (bicyclic) bond motifs is 4. The van der Waals surface area contributed by atoms with E-state index < -0.39 is 19.2 Å². The van der Waals surface area contributed by atoms with E-state index in [1.54, 1.807) is 0 Å². The first-order valence-electron chi connectivity index (χ1n) is 12.6. The Morgan fingerprint density at radius 1 is 0.771 bits per heavy atom. The van der Waals surface area contributed by atoms with Crippen LogP contribution in [-0.2, 0) is 0 Å². The number of thiophene rings is 1. The minimum absolute atomic E-state index is 0.885. The molecule has 6 rings (SSSR count). The van der Waals surface area contributed by atoms with Crippen LogP contribution in [0.5, 0.6) is 0 Å². The first-order chi connectivity index (χ1) is 17.2. The maximum atomic E-state index is 9.36. The van der Waals surface area contributed by atoms with Gasteiger partial charge in [0.05, 0.1) is 0 Å². The molecular weight excluding hydrogens is 503 g/mol. The Bertz CT molecular complexity index is 1760. The molecule has 2 heterocycles. The van der Waals surface area contributed by atoms with Crippen molar-refractivity contribution in [3.05, 3.63) is 108 Å². The number of nitrogens with zero attached hydrogens (tertiary/aromatic N) is 1. The van der Waals surface area contributed by atoms with Crippen LogP contribution in [0.3, 0.4) is 0 Å².